The van der Waals surface area contributed by atoms with Crippen LogP contribution in [-0.4, -0.2) is 0 Å². The van der Waals surface area contributed by atoms with Crippen molar-refractivity contribution in [1.82, 2.24) is 0 Å². The largest absolute Gasteiger partial charge is 0.399 e. The SMILES string of the molecule is Nc1cc(N)c2ccc3ccccc3c2c1. The fourth-order valence-corrected chi connectivity index (χ4v) is 2.17. The molecule has 0 radical (unpaired) electrons. The first-order chi connectivity index (χ1) is 7.75. The van der Waals surface area contributed by atoms with Gasteiger partial charge in [0.15, 0.2) is 0 Å². The highest BCUT2D eigenvalue weighted by molar-refractivity contribution is 6.12. The van der Waals surface area contributed by atoms with Crippen LogP contribution in [0.25, 0.3) is 21.5 Å². The fourth-order valence-electron chi connectivity index (χ4n) is 2.17. The van der Waals surface area contributed by atoms with Crippen molar-refractivity contribution in [3.63, 3.8) is 0 Å². The van der Waals surface area contributed by atoms with E-state index in [-0.39, 0.29) is 0 Å². The van der Waals surface area contributed by atoms with Gasteiger partial charge in [-0.05, 0) is 28.3 Å². The number of nitrogens with two attached hydrogens (primary N) is 2. The first kappa shape index (κ1) is 9.04. The van der Waals surface area contributed by atoms with Crippen LogP contribution in [0.5, 0.6) is 0 Å². The van der Waals surface area contributed by atoms with Gasteiger partial charge in [-0.15, -0.1) is 0 Å². The summed E-state index contributed by atoms with van der Waals surface area (Å²) in [5, 5.41) is 4.59. The zero-order valence-corrected chi connectivity index (χ0v) is 8.77. The van der Waals surface area contributed by atoms with E-state index >= 15 is 0 Å². The van der Waals surface area contributed by atoms with Crippen LogP contribution < -0.4 is 11.5 Å². The Morgan fingerprint density at radius 3 is 2.38 bits per heavy atom. The predicted molar refractivity (Wildman–Crippen MR) is 70.3 cm³/mol. The van der Waals surface area contributed by atoms with E-state index in [9.17, 15) is 0 Å². The quantitative estimate of drug-likeness (QED) is 0.440. The number of fused-ring (bicyclic) bond motifs is 3. The average molecular weight is 208 g/mol. The molecule has 0 aliphatic carbocycles. The van der Waals surface area contributed by atoms with Crippen molar-refractivity contribution >= 4 is 32.9 Å². The summed E-state index contributed by atoms with van der Waals surface area (Å²) >= 11 is 0. The van der Waals surface area contributed by atoms with Gasteiger partial charge in [0.1, 0.15) is 0 Å². The fraction of sp³-hybridized carbons (Fsp3) is 0. The minimum absolute atomic E-state index is 0.710. The summed E-state index contributed by atoms with van der Waals surface area (Å²) in [5.41, 5.74) is 13.3. The van der Waals surface area contributed by atoms with Gasteiger partial charge >= 0.3 is 0 Å². The Morgan fingerprint density at radius 2 is 1.50 bits per heavy atom. The van der Waals surface area contributed by atoms with Crippen LogP contribution in [0.2, 0.25) is 0 Å². The van der Waals surface area contributed by atoms with Gasteiger partial charge < -0.3 is 11.5 Å². The molecule has 0 saturated carbocycles. The van der Waals surface area contributed by atoms with Gasteiger partial charge in [0.2, 0.25) is 0 Å². The number of rotatable bonds is 0. The first-order valence-corrected chi connectivity index (χ1v) is 5.22. The van der Waals surface area contributed by atoms with Crippen LogP contribution in [-0.2, 0) is 0 Å². The van der Waals surface area contributed by atoms with E-state index in [1.807, 2.05) is 24.3 Å². The highest BCUT2D eigenvalue weighted by Gasteiger charge is 2.03. The summed E-state index contributed by atoms with van der Waals surface area (Å²) < 4.78 is 0. The molecule has 0 spiro atoms. The molecular formula is C14H12N2. The van der Waals surface area contributed by atoms with Crippen LogP contribution in [0.4, 0.5) is 11.4 Å². The zero-order chi connectivity index (χ0) is 11.1. The number of benzene rings is 3. The molecule has 0 unspecified atom stereocenters. The van der Waals surface area contributed by atoms with Crippen molar-refractivity contribution < 1.29 is 0 Å². The average Bonchev–Trinajstić information content (AvgIpc) is 2.28. The third-order valence-corrected chi connectivity index (χ3v) is 2.91. The lowest BCUT2D eigenvalue weighted by molar-refractivity contribution is 1.72. The maximum Gasteiger partial charge on any atom is 0.0414 e. The minimum Gasteiger partial charge on any atom is -0.399 e. The predicted octanol–water partition coefficient (Wildman–Crippen LogP) is 3.16. The lowest BCUT2D eigenvalue weighted by Gasteiger charge is -2.07. The Bertz CT molecular complexity index is 687. The number of nitrogen functional groups attached to an aromatic ring is 2. The van der Waals surface area contributed by atoms with Crippen LogP contribution in [0, 0.1) is 0 Å². The molecule has 78 valence electrons. The Balaban J connectivity index is 2.59. The molecule has 0 saturated heterocycles. The van der Waals surface area contributed by atoms with Crippen LogP contribution in [0.1, 0.15) is 0 Å². The number of hydrogen-bond acceptors (Lipinski definition) is 2. The maximum atomic E-state index is 5.97. The van der Waals surface area contributed by atoms with E-state index in [2.05, 4.69) is 18.2 Å². The molecule has 0 atom stereocenters. The summed E-state index contributed by atoms with van der Waals surface area (Å²) in [6, 6.07) is 16.2. The second-order valence-electron chi connectivity index (χ2n) is 3.99. The van der Waals surface area contributed by atoms with Crippen molar-refractivity contribution in [2.45, 2.75) is 0 Å². The van der Waals surface area contributed by atoms with Crippen molar-refractivity contribution in [1.29, 1.82) is 0 Å². The molecule has 0 fully saturated rings. The van der Waals surface area contributed by atoms with E-state index in [1.54, 1.807) is 6.07 Å². The van der Waals surface area contributed by atoms with E-state index in [4.69, 9.17) is 11.5 Å². The van der Waals surface area contributed by atoms with Gasteiger partial charge in [0.05, 0.1) is 0 Å². The van der Waals surface area contributed by atoms with Gasteiger partial charge in [0.25, 0.3) is 0 Å². The van der Waals surface area contributed by atoms with E-state index in [0.717, 1.165) is 16.5 Å². The topological polar surface area (TPSA) is 52.0 Å². The van der Waals surface area contributed by atoms with Crippen molar-refractivity contribution in [2.24, 2.45) is 0 Å². The molecule has 4 N–H and O–H groups in total. The Labute approximate surface area is 93.5 Å². The number of anilines is 2. The van der Waals surface area contributed by atoms with Crippen molar-refractivity contribution in [3.05, 3.63) is 48.5 Å². The van der Waals surface area contributed by atoms with Gasteiger partial charge in [-0.1, -0.05) is 36.4 Å². The normalized spacial score (nSPS) is 11.0. The van der Waals surface area contributed by atoms with Crippen molar-refractivity contribution in [3.8, 4) is 0 Å². The van der Waals surface area contributed by atoms with Gasteiger partial charge in [-0.25, -0.2) is 0 Å². The highest BCUT2D eigenvalue weighted by Crippen LogP contribution is 2.30. The summed E-state index contributed by atoms with van der Waals surface area (Å²) in [5.74, 6) is 0. The molecule has 0 amide bonds. The zero-order valence-electron chi connectivity index (χ0n) is 8.77. The second kappa shape index (κ2) is 3.14. The maximum absolute atomic E-state index is 5.97. The Kier molecular flexibility index (Phi) is 1.77. The molecule has 0 aliphatic rings. The Hall–Kier alpha value is -2.22. The van der Waals surface area contributed by atoms with Crippen LogP contribution >= 0.6 is 0 Å². The summed E-state index contributed by atoms with van der Waals surface area (Å²) in [6.07, 6.45) is 0. The first-order valence-electron chi connectivity index (χ1n) is 5.22. The molecule has 3 rings (SSSR count). The van der Waals surface area contributed by atoms with Crippen molar-refractivity contribution in [2.75, 3.05) is 11.5 Å². The van der Waals surface area contributed by atoms with Gasteiger partial charge in [-0.2, -0.15) is 0 Å². The summed E-state index contributed by atoms with van der Waals surface area (Å²) in [6.45, 7) is 0. The molecule has 2 nitrogen and oxygen atoms in total. The molecule has 2 heteroatoms. The van der Waals surface area contributed by atoms with E-state index < -0.39 is 0 Å². The molecule has 3 aromatic carbocycles. The van der Waals surface area contributed by atoms with Gasteiger partial charge in [-0.3, -0.25) is 0 Å². The molecular weight excluding hydrogens is 196 g/mol. The highest BCUT2D eigenvalue weighted by atomic mass is 14.6. The van der Waals surface area contributed by atoms with E-state index in [0.29, 0.717) is 5.69 Å². The summed E-state index contributed by atoms with van der Waals surface area (Å²) in [4.78, 5) is 0. The lowest BCUT2D eigenvalue weighted by atomic mass is 10.0. The van der Waals surface area contributed by atoms with Crippen LogP contribution in [0.3, 0.4) is 0 Å². The standard InChI is InChI=1S/C14H12N2/c15-10-7-13-11-4-2-1-3-9(11)5-6-12(13)14(16)8-10/h1-8H,15-16H2. The Morgan fingerprint density at radius 1 is 0.688 bits per heavy atom. The third-order valence-electron chi connectivity index (χ3n) is 2.91. The smallest absolute Gasteiger partial charge is 0.0414 e. The second-order valence-corrected chi connectivity index (χ2v) is 3.99. The molecule has 16 heavy (non-hydrogen) atoms. The van der Waals surface area contributed by atoms with E-state index in [1.165, 1.54) is 10.8 Å². The minimum atomic E-state index is 0.710. The van der Waals surface area contributed by atoms with Gasteiger partial charge in [0, 0.05) is 16.8 Å². The third kappa shape index (κ3) is 1.20. The molecule has 0 heterocycles. The van der Waals surface area contributed by atoms with Crippen LogP contribution in [0.15, 0.2) is 48.5 Å². The summed E-state index contributed by atoms with van der Waals surface area (Å²) in [7, 11) is 0. The molecule has 0 aliphatic heterocycles. The number of hydrogen-bond donors (Lipinski definition) is 2. The molecule has 0 bridgehead atoms. The molecule has 3 aromatic rings. The molecule has 0 aromatic heterocycles. The lowest BCUT2D eigenvalue weighted by Crippen LogP contribution is -1.92. The monoisotopic (exact) mass is 208 g/mol.